The van der Waals surface area contributed by atoms with E-state index in [4.69, 9.17) is 15.2 Å². The standard InChI is InChI=1S/C4H5FO4.BF2O.Li/c1-4(5,2(6)7)3(8)9;2-1(3)4;/h1H3,(H,6,7)(H,8,9);;/q;-1;+1. The number of hydrogen-bond acceptors (Lipinski definition) is 3. The van der Waals surface area contributed by atoms with Crippen molar-refractivity contribution in [1.82, 2.24) is 0 Å². The van der Waals surface area contributed by atoms with E-state index in [9.17, 15) is 22.6 Å². The van der Waals surface area contributed by atoms with Crippen LogP contribution in [0.3, 0.4) is 0 Å². The van der Waals surface area contributed by atoms with E-state index < -0.39 is 25.1 Å². The van der Waals surface area contributed by atoms with Crippen LogP contribution in [0.2, 0.25) is 0 Å². The van der Waals surface area contributed by atoms with Crippen molar-refractivity contribution in [2.75, 3.05) is 0 Å². The van der Waals surface area contributed by atoms with E-state index in [-0.39, 0.29) is 18.9 Å². The first kappa shape index (κ1) is 19.0. The monoisotopic (exact) mass is 208 g/mol. The molecule has 0 bridgehead atoms. The Labute approximate surface area is 89.3 Å². The maximum Gasteiger partial charge on any atom is 1.00 e. The van der Waals surface area contributed by atoms with Gasteiger partial charge in [-0.15, -0.1) is 0 Å². The number of carboxylic acids is 2. The summed E-state index contributed by atoms with van der Waals surface area (Å²) >= 11 is 0. The van der Waals surface area contributed by atoms with Crippen molar-refractivity contribution in [3.8, 4) is 0 Å². The molecular weight excluding hydrogens is 203 g/mol. The van der Waals surface area contributed by atoms with Crippen molar-refractivity contribution in [2.24, 2.45) is 0 Å². The molecule has 0 rings (SSSR count). The van der Waals surface area contributed by atoms with E-state index in [1.165, 1.54) is 0 Å². The molecular formula is C4H5BF3LiO5. The summed E-state index contributed by atoms with van der Waals surface area (Å²) in [7, 11) is -3.42. The third kappa shape index (κ3) is 9.44. The molecule has 0 saturated carbocycles. The minimum atomic E-state index is -3.42. The van der Waals surface area contributed by atoms with Gasteiger partial charge in [0.05, 0.1) is 0 Å². The molecule has 0 aromatic carbocycles. The van der Waals surface area contributed by atoms with Gasteiger partial charge < -0.3 is 23.9 Å². The molecule has 2 N–H and O–H groups in total. The van der Waals surface area contributed by atoms with Gasteiger partial charge in [0, 0.05) is 0 Å². The Morgan fingerprint density at radius 2 is 1.43 bits per heavy atom. The molecule has 0 unspecified atom stereocenters. The van der Waals surface area contributed by atoms with Gasteiger partial charge in [-0.3, -0.25) is 0 Å². The van der Waals surface area contributed by atoms with Gasteiger partial charge in [0.25, 0.3) is 5.67 Å². The van der Waals surface area contributed by atoms with Gasteiger partial charge in [-0.25, -0.2) is 14.0 Å². The molecule has 0 spiro atoms. The summed E-state index contributed by atoms with van der Waals surface area (Å²) in [6.07, 6.45) is 0. The number of halogens is 3. The van der Waals surface area contributed by atoms with E-state index in [0.29, 0.717) is 6.92 Å². The number of aliphatic carboxylic acids is 2. The van der Waals surface area contributed by atoms with Gasteiger partial charge >= 0.3 is 38.3 Å². The summed E-state index contributed by atoms with van der Waals surface area (Å²) in [5.41, 5.74) is -3.17. The van der Waals surface area contributed by atoms with Crippen LogP contribution in [0, 0.1) is 0 Å². The topological polar surface area (TPSA) is 97.7 Å². The fraction of sp³-hybridized carbons (Fsp3) is 0.500. The number of carboxylic acid groups (broad SMARTS) is 2. The molecule has 14 heavy (non-hydrogen) atoms. The van der Waals surface area contributed by atoms with Crippen LogP contribution < -0.4 is 23.9 Å². The molecule has 0 heterocycles. The Morgan fingerprint density at radius 3 is 1.43 bits per heavy atom. The SMILES string of the molecule is CC(F)(C(=O)O)C(=O)O.[Li+].[O-]B(F)F. The van der Waals surface area contributed by atoms with Gasteiger partial charge in [0.1, 0.15) is 0 Å². The Balaban J connectivity index is -0.000000209. The molecule has 76 valence electrons. The summed E-state index contributed by atoms with van der Waals surface area (Å²) < 4.78 is 31.7. The van der Waals surface area contributed by atoms with Crippen LogP contribution in [0.5, 0.6) is 0 Å². The zero-order chi connectivity index (χ0) is 11.2. The fourth-order valence-electron chi connectivity index (χ4n) is 0.0915. The van der Waals surface area contributed by atoms with E-state index in [1.807, 2.05) is 0 Å². The third-order valence-corrected chi connectivity index (χ3v) is 0.803. The molecule has 0 amide bonds. The molecule has 0 saturated heterocycles. The summed E-state index contributed by atoms with van der Waals surface area (Å²) in [6, 6.07) is 0. The summed E-state index contributed by atoms with van der Waals surface area (Å²) in [6.45, 7) is 0.470. The summed E-state index contributed by atoms with van der Waals surface area (Å²) in [4.78, 5) is 19.4. The zero-order valence-corrected chi connectivity index (χ0v) is 7.33. The van der Waals surface area contributed by atoms with Crippen LogP contribution in [0.25, 0.3) is 0 Å². The van der Waals surface area contributed by atoms with Gasteiger partial charge in [-0.1, -0.05) is 0 Å². The van der Waals surface area contributed by atoms with E-state index in [0.717, 1.165) is 0 Å². The normalized spacial score (nSPS) is 8.93. The predicted molar refractivity (Wildman–Crippen MR) is 32.8 cm³/mol. The van der Waals surface area contributed by atoms with Crippen LogP contribution in [0.15, 0.2) is 0 Å². The van der Waals surface area contributed by atoms with E-state index in [2.05, 4.69) is 0 Å². The maximum absolute atomic E-state index is 12.1. The number of alkyl halides is 1. The summed E-state index contributed by atoms with van der Waals surface area (Å²) in [5, 5.41) is 23.9. The van der Waals surface area contributed by atoms with Crippen molar-refractivity contribution >= 4 is 19.4 Å². The third-order valence-electron chi connectivity index (χ3n) is 0.803. The predicted octanol–water partition coefficient (Wildman–Crippen LogP) is -3.84. The van der Waals surface area contributed by atoms with Gasteiger partial charge in [0.15, 0.2) is 0 Å². The van der Waals surface area contributed by atoms with Crippen molar-refractivity contribution in [2.45, 2.75) is 12.6 Å². The zero-order valence-electron chi connectivity index (χ0n) is 7.33. The van der Waals surface area contributed by atoms with Crippen LogP contribution in [0.1, 0.15) is 6.92 Å². The fourth-order valence-corrected chi connectivity index (χ4v) is 0.0915. The summed E-state index contributed by atoms with van der Waals surface area (Å²) in [5.74, 6) is -3.98. The molecule has 0 fully saturated rings. The molecule has 0 aliphatic rings. The molecule has 0 aromatic heterocycles. The molecule has 0 aromatic rings. The second-order valence-electron chi connectivity index (χ2n) is 1.87. The quantitative estimate of drug-likeness (QED) is 0.357. The Morgan fingerprint density at radius 1 is 1.29 bits per heavy atom. The van der Waals surface area contributed by atoms with Crippen molar-refractivity contribution in [3.63, 3.8) is 0 Å². The Bertz CT molecular complexity index is 181. The number of carbonyl (C=O) groups is 2. The van der Waals surface area contributed by atoms with Gasteiger partial charge in [-0.05, 0) is 6.92 Å². The van der Waals surface area contributed by atoms with Crippen molar-refractivity contribution in [3.05, 3.63) is 0 Å². The first-order valence-corrected chi connectivity index (χ1v) is 2.72. The molecule has 0 atom stereocenters. The largest absolute Gasteiger partial charge is 1.00 e. The molecule has 10 heteroatoms. The first-order valence-electron chi connectivity index (χ1n) is 2.72. The molecule has 5 nitrogen and oxygen atoms in total. The van der Waals surface area contributed by atoms with Crippen LogP contribution in [0.4, 0.5) is 13.0 Å². The molecule has 0 radical (unpaired) electrons. The maximum atomic E-state index is 12.1. The average molecular weight is 208 g/mol. The number of rotatable bonds is 2. The molecule has 0 aliphatic carbocycles. The second-order valence-corrected chi connectivity index (χ2v) is 1.87. The van der Waals surface area contributed by atoms with Crippen LogP contribution >= 0.6 is 0 Å². The minimum Gasteiger partial charge on any atom is -0.824 e. The Hall–Kier alpha value is -0.648. The van der Waals surface area contributed by atoms with Crippen LogP contribution in [-0.4, -0.2) is 35.3 Å². The molecule has 0 aliphatic heterocycles. The van der Waals surface area contributed by atoms with Gasteiger partial charge in [-0.2, -0.15) is 0 Å². The van der Waals surface area contributed by atoms with Crippen molar-refractivity contribution in [1.29, 1.82) is 0 Å². The second kappa shape index (κ2) is 7.73. The van der Waals surface area contributed by atoms with E-state index in [1.54, 1.807) is 0 Å². The average Bonchev–Trinajstić information content (AvgIpc) is 1.85. The minimum absolute atomic E-state index is 0. The Kier molecular flexibility index (Phi) is 10.5. The number of hydrogen-bond donors (Lipinski definition) is 2. The van der Waals surface area contributed by atoms with Crippen molar-refractivity contribution < 1.29 is 56.7 Å². The van der Waals surface area contributed by atoms with E-state index >= 15 is 0 Å². The smallest absolute Gasteiger partial charge is 0.824 e. The van der Waals surface area contributed by atoms with Crippen LogP contribution in [-0.2, 0) is 9.59 Å². The first-order chi connectivity index (χ1) is 5.62. The van der Waals surface area contributed by atoms with Gasteiger partial charge in [0.2, 0.25) is 0 Å².